The van der Waals surface area contributed by atoms with Gasteiger partial charge in [0, 0.05) is 36.4 Å². The molecule has 0 aliphatic heterocycles. The van der Waals surface area contributed by atoms with E-state index in [9.17, 15) is 9.90 Å². The number of halogens is 1. The van der Waals surface area contributed by atoms with Crippen LogP contribution in [-0.2, 0) is 11.3 Å². The van der Waals surface area contributed by atoms with Gasteiger partial charge in [-0.1, -0.05) is 54.1 Å². The zero-order valence-electron chi connectivity index (χ0n) is 18.2. The summed E-state index contributed by atoms with van der Waals surface area (Å²) in [5.74, 6) is -0.217. The number of para-hydroxylation sites is 1. The van der Waals surface area contributed by atoms with E-state index >= 15 is 0 Å². The molecule has 0 radical (unpaired) electrons. The molecule has 1 heterocycles. The average molecular weight is 461 g/mol. The number of likely N-dealkylation sites (N-methyl/N-ethyl adjacent to an activating group) is 1. The number of nitrogens with zero attached hydrogens (tertiary/aromatic N) is 2. The van der Waals surface area contributed by atoms with Crippen LogP contribution in [0.3, 0.4) is 0 Å². The van der Waals surface area contributed by atoms with Crippen LogP contribution in [-0.4, -0.2) is 29.6 Å². The maximum Gasteiger partial charge on any atom is 0.240 e. The van der Waals surface area contributed by atoms with Gasteiger partial charge in [-0.3, -0.25) is 9.78 Å². The van der Waals surface area contributed by atoms with Crippen LogP contribution in [0.15, 0.2) is 79.0 Å². The summed E-state index contributed by atoms with van der Waals surface area (Å²) in [6.07, 6.45) is 1.60. The average Bonchev–Trinajstić information content (AvgIpc) is 2.85. The minimum atomic E-state index is -0.627. The second-order valence-corrected chi connectivity index (χ2v) is 8.24. The first-order chi connectivity index (χ1) is 16.0. The number of carbonyl (C=O) groups excluding carboxylic acids is 1. The lowest BCUT2D eigenvalue weighted by Crippen LogP contribution is -2.37. The number of hydrogen-bond acceptors (Lipinski definition) is 5. The molecule has 1 atom stereocenters. The highest BCUT2D eigenvalue weighted by atomic mass is 35.5. The lowest BCUT2D eigenvalue weighted by Gasteiger charge is -2.24. The molecule has 4 N–H and O–H groups in total. The van der Waals surface area contributed by atoms with E-state index in [-0.39, 0.29) is 18.2 Å². The highest BCUT2D eigenvalue weighted by molar-refractivity contribution is 6.35. The fourth-order valence-electron chi connectivity index (χ4n) is 3.81. The summed E-state index contributed by atoms with van der Waals surface area (Å²) < 4.78 is 0. The fraction of sp³-hybridized carbons (Fsp3) is 0.154. The molecule has 0 aliphatic rings. The monoisotopic (exact) mass is 460 g/mol. The summed E-state index contributed by atoms with van der Waals surface area (Å²) in [5, 5.41) is 15.2. The second kappa shape index (κ2) is 9.90. The summed E-state index contributed by atoms with van der Waals surface area (Å²) in [7, 11) is 1.86. The van der Waals surface area contributed by atoms with E-state index in [0.717, 1.165) is 16.8 Å². The number of pyridine rings is 1. The van der Waals surface area contributed by atoms with Crippen molar-refractivity contribution < 1.29 is 9.90 Å². The Morgan fingerprint density at radius 2 is 1.85 bits per heavy atom. The molecule has 0 fully saturated rings. The van der Waals surface area contributed by atoms with Crippen molar-refractivity contribution in [3.63, 3.8) is 0 Å². The first-order valence-electron chi connectivity index (χ1n) is 10.6. The number of phenols is 1. The highest BCUT2D eigenvalue weighted by Gasteiger charge is 2.24. The Kier molecular flexibility index (Phi) is 6.77. The molecule has 0 saturated carbocycles. The van der Waals surface area contributed by atoms with Gasteiger partial charge in [-0.05, 0) is 41.5 Å². The summed E-state index contributed by atoms with van der Waals surface area (Å²) >= 11 is 6.53. The Hall–Kier alpha value is -3.61. The third-order valence-electron chi connectivity index (χ3n) is 5.59. The Labute approximate surface area is 197 Å². The predicted molar refractivity (Wildman–Crippen MR) is 132 cm³/mol. The summed E-state index contributed by atoms with van der Waals surface area (Å²) in [6, 6.07) is 21.9. The molecule has 0 spiro atoms. The van der Waals surface area contributed by atoms with Gasteiger partial charge < -0.3 is 21.1 Å². The zero-order valence-corrected chi connectivity index (χ0v) is 19.0. The van der Waals surface area contributed by atoms with Crippen molar-refractivity contribution in [2.24, 2.45) is 5.73 Å². The van der Waals surface area contributed by atoms with E-state index in [1.807, 2.05) is 66.5 Å². The van der Waals surface area contributed by atoms with Crippen LogP contribution in [0.4, 0.5) is 5.69 Å². The lowest BCUT2D eigenvalue weighted by atomic mass is 9.95. The van der Waals surface area contributed by atoms with Gasteiger partial charge in [0.25, 0.3) is 0 Å². The molecule has 6 nitrogen and oxygen atoms in total. The van der Waals surface area contributed by atoms with Gasteiger partial charge in [-0.25, -0.2) is 0 Å². The van der Waals surface area contributed by atoms with E-state index in [1.165, 1.54) is 0 Å². The largest absolute Gasteiger partial charge is 0.505 e. The Bertz CT molecular complexity index is 1260. The molecule has 33 heavy (non-hydrogen) atoms. The Morgan fingerprint density at radius 1 is 1.12 bits per heavy atom. The van der Waals surface area contributed by atoms with Crippen molar-refractivity contribution in [3.8, 4) is 5.75 Å². The maximum atomic E-state index is 13.1. The first-order valence-corrected chi connectivity index (χ1v) is 11.0. The number of nitrogens with one attached hydrogen (secondary N) is 1. The van der Waals surface area contributed by atoms with Crippen molar-refractivity contribution in [3.05, 3.63) is 101 Å². The van der Waals surface area contributed by atoms with E-state index in [4.69, 9.17) is 17.3 Å². The number of hydrogen-bond donors (Lipinski definition) is 3. The van der Waals surface area contributed by atoms with Crippen LogP contribution in [0.25, 0.3) is 10.9 Å². The number of amides is 1. The van der Waals surface area contributed by atoms with Crippen molar-refractivity contribution in [2.45, 2.75) is 12.6 Å². The van der Waals surface area contributed by atoms with E-state index in [1.54, 1.807) is 24.4 Å². The quantitative estimate of drug-likeness (QED) is 0.380. The van der Waals surface area contributed by atoms with Gasteiger partial charge >= 0.3 is 0 Å². The molecule has 0 saturated heterocycles. The van der Waals surface area contributed by atoms with Crippen LogP contribution in [0, 0.1) is 0 Å². The lowest BCUT2D eigenvalue weighted by molar-refractivity contribution is -0.120. The number of aromatic hydroxyl groups is 1. The Balaban J connectivity index is 1.70. The van der Waals surface area contributed by atoms with Crippen LogP contribution >= 0.6 is 11.6 Å². The second-order valence-electron chi connectivity index (χ2n) is 7.83. The molecule has 1 amide bonds. The first kappa shape index (κ1) is 22.6. The molecule has 0 bridgehead atoms. The minimum Gasteiger partial charge on any atom is -0.505 e. The zero-order chi connectivity index (χ0) is 23.4. The topological polar surface area (TPSA) is 91.5 Å². The number of aromatic nitrogens is 1. The molecule has 4 rings (SSSR count). The number of carbonyl (C=O) groups is 1. The van der Waals surface area contributed by atoms with Crippen LogP contribution < -0.4 is 16.0 Å². The normalized spacial score (nSPS) is 11.8. The molecule has 168 valence electrons. The number of benzene rings is 3. The molecular weight excluding hydrogens is 436 g/mol. The summed E-state index contributed by atoms with van der Waals surface area (Å²) in [6.45, 7) is 0.553. The van der Waals surface area contributed by atoms with Gasteiger partial charge in [0.1, 0.15) is 11.3 Å². The van der Waals surface area contributed by atoms with Gasteiger partial charge in [-0.15, -0.1) is 0 Å². The predicted octanol–water partition coefficient (Wildman–Crippen LogP) is 4.39. The highest BCUT2D eigenvalue weighted by Crippen LogP contribution is 2.38. The van der Waals surface area contributed by atoms with Gasteiger partial charge in [0.2, 0.25) is 5.91 Å². The molecule has 1 unspecified atom stereocenters. The van der Waals surface area contributed by atoms with Gasteiger partial charge in [0.05, 0.1) is 17.6 Å². The summed E-state index contributed by atoms with van der Waals surface area (Å²) in [5.41, 5.74) is 9.30. The number of phenolic OH excluding ortho intramolecular Hbond substituents is 1. The molecule has 1 aromatic heterocycles. The van der Waals surface area contributed by atoms with E-state index < -0.39 is 6.04 Å². The molecule has 3 aromatic carbocycles. The van der Waals surface area contributed by atoms with Crippen molar-refractivity contribution in [2.75, 3.05) is 18.5 Å². The third kappa shape index (κ3) is 4.92. The Morgan fingerprint density at radius 3 is 2.55 bits per heavy atom. The minimum absolute atomic E-state index is 0.0142. The van der Waals surface area contributed by atoms with Crippen molar-refractivity contribution in [1.82, 2.24) is 10.3 Å². The van der Waals surface area contributed by atoms with E-state index in [2.05, 4.69) is 10.3 Å². The molecule has 4 aromatic rings. The van der Waals surface area contributed by atoms with Gasteiger partial charge in [0.15, 0.2) is 0 Å². The smallest absolute Gasteiger partial charge is 0.240 e. The fourth-order valence-corrected chi connectivity index (χ4v) is 4.08. The standard InChI is InChI=1S/C26H25ClN4O2/c1-31(19-6-3-2-4-7-19)16-23(32)30-24(18-11-9-17(15-28)10-12-18)21-14-22(27)20-8-5-13-29-25(20)26(21)33/h2-14,24,33H,15-16,28H2,1H3,(H,30,32). The number of anilines is 1. The van der Waals surface area contributed by atoms with Crippen molar-refractivity contribution >= 4 is 34.1 Å². The molecule has 7 heteroatoms. The van der Waals surface area contributed by atoms with Crippen LogP contribution in [0.2, 0.25) is 5.02 Å². The number of fused-ring (bicyclic) bond motifs is 1. The van der Waals surface area contributed by atoms with Crippen LogP contribution in [0.1, 0.15) is 22.7 Å². The summed E-state index contributed by atoms with van der Waals surface area (Å²) in [4.78, 5) is 19.2. The third-order valence-corrected chi connectivity index (χ3v) is 5.90. The van der Waals surface area contributed by atoms with E-state index in [0.29, 0.717) is 28.0 Å². The van der Waals surface area contributed by atoms with Crippen molar-refractivity contribution in [1.29, 1.82) is 0 Å². The number of rotatable bonds is 7. The molecule has 0 aliphatic carbocycles. The number of nitrogens with two attached hydrogens (primary N) is 1. The SMILES string of the molecule is CN(CC(=O)NC(c1ccc(CN)cc1)c1cc(Cl)c2cccnc2c1O)c1ccccc1. The van der Waals surface area contributed by atoms with Gasteiger partial charge in [-0.2, -0.15) is 0 Å². The maximum absolute atomic E-state index is 13.1. The van der Waals surface area contributed by atoms with Crippen LogP contribution in [0.5, 0.6) is 5.75 Å². The molecular formula is C26H25ClN4O2.